The molecular formula is C14H23N3O. The highest BCUT2D eigenvalue weighted by Crippen LogP contribution is 2.19. The summed E-state index contributed by atoms with van der Waals surface area (Å²) in [5, 5.41) is 3.07. The Hall–Kier alpha value is -1.58. The molecule has 18 heavy (non-hydrogen) atoms. The molecule has 1 aromatic heterocycles. The third-order valence-electron chi connectivity index (χ3n) is 3.26. The highest BCUT2D eigenvalue weighted by molar-refractivity contribution is 5.99. The van der Waals surface area contributed by atoms with Gasteiger partial charge in [0.2, 0.25) is 0 Å². The van der Waals surface area contributed by atoms with E-state index in [1.54, 1.807) is 6.20 Å². The van der Waals surface area contributed by atoms with Gasteiger partial charge in [-0.25, -0.2) is 0 Å². The number of carbonyl (C=O) groups excluding carboxylic acids is 1. The van der Waals surface area contributed by atoms with Crippen LogP contribution in [0, 0.1) is 6.92 Å². The van der Waals surface area contributed by atoms with Crippen LogP contribution in [0.3, 0.4) is 0 Å². The number of aromatic nitrogens is 1. The molecule has 0 saturated carbocycles. The van der Waals surface area contributed by atoms with Crippen molar-refractivity contribution in [3.05, 3.63) is 23.5 Å². The van der Waals surface area contributed by atoms with Crippen molar-refractivity contribution in [1.29, 1.82) is 0 Å². The molecule has 0 aliphatic carbocycles. The van der Waals surface area contributed by atoms with Crippen molar-refractivity contribution in [3.63, 3.8) is 0 Å². The van der Waals surface area contributed by atoms with E-state index in [0.29, 0.717) is 12.1 Å². The number of nitrogens with one attached hydrogen (secondary N) is 1. The lowest BCUT2D eigenvalue weighted by atomic mass is 10.1. The number of hydrogen-bond donors (Lipinski definition) is 1. The molecule has 0 radical (unpaired) electrons. The minimum absolute atomic E-state index is 0.0451. The van der Waals surface area contributed by atoms with Crippen LogP contribution >= 0.6 is 0 Å². The normalized spacial score (nSPS) is 12.1. The van der Waals surface area contributed by atoms with Gasteiger partial charge in [0.05, 0.1) is 11.3 Å². The summed E-state index contributed by atoms with van der Waals surface area (Å²) < 4.78 is 0. The lowest BCUT2D eigenvalue weighted by molar-refractivity contribution is 0.0700. The minimum Gasteiger partial charge on any atom is -0.387 e. The van der Waals surface area contributed by atoms with E-state index in [-0.39, 0.29) is 11.9 Å². The maximum Gasteiger partial charge on any atom is 0.257 e. The molecule has 0 bridgehead atoms. The zero-order valence-corrected chi connectivity index (χ0v) is 11.9. The number of aryl methyl sites for hydroxylation is 1. The molecule has 0 spiro atoms. The largest absolute Gasteiger partial charge is 0.387 e. The Bertz CT molecular complexity index is 418. The predicted molar refractivity (Wildman–Crippen MR) is 75.0 cm³/mol. The Morgan fingerprint density at radius 2 is 2.17 bits per heavy atom. The van der Waals surface area contributed by atoms with Crippen molar-refractivity contribution in [3.8, 4) is 0 Å². The second kappa shape index (κ2) is 6.38. The number of carbonyl (C=O) groups is 1. The monoisotopic (exact) mass is 249 g/mol. The van der Waals surface area contributed by atoms with E-state index in [2.05, 4.69) is 24.1 Å². The van der Waals surface area contributed by atoms with Gasteiger partial charge in [-0.2, -0.15) is 0 Å². The van der Waals surface area contributed by atoms with Crippen molar-refractivity contribution < 1.29 is 4.79 Å². The van der Waals surface area contributed by atoms with Crippen molar-refractivity contribution in [1.82, 2.24) is 9.88 Å². The molecule has 1 heterocycles. The first-order chi connectivity index (χ1) is 8.54. The summed E-state index contributed by atoms with van der Waals surface area (Å²) in [6, 6.07) is 2.14. The Morgan fingerprint density at radius 3 is 2.67 bits per heavy atom. The van der Waals surface area contributed by atoms with E-state index in [1.807, 2.05) is 31.9 Å². The van der Waals surface area contributed by atoms with E-state index in [0.717, 1.165) is 17.8 Å². The standard InChI is InChI=1S/C14H23N3O/c1-6-11(4)17(7-2)14(18)12-9-16-10(3)8-13(12)15-5/h8-9,11H,6-7H2,1-5H3,(H,15,16). The van der Waals surface area contributed by atoms with Crippen molar-refractivity contribution in [2.45, 2.75) is 40.2 Å². The molecule has 0 fully saturated rings. The average Bonchev–Trinajstić information content (AvgIpc) is 2.38. The Labute approximate surface area is 109 Å². The maximum atomic E-state index is 12.5. The average molecular weight is 249 g/mol. The molecule has 0 saturated heterocycles. The van der Waals surface area contributed by atoms with Crippen LogP contribution in [0.5, 0.6) is 0 Å². The maximum absolute atomic E-state index is 12.5. The lowest BCUT2D eigenvalue weighted by Gasteiger charge is -2.28. The molecule has 1 amide bonds. The van der Waals surface area contributed by atoms with Crippen LogP contribution in [0.15, 0.2) is 12.3 Å². The summed E-state index contributed by atoms with van der Waals surface area (Å²) in [6.45, 7) is 8.80. The zero-order chi connectivity index (χ0) is 13.7. The molecule has 1 rings (SSSR count). The third-order valence-corrected chi connectivity index (χ3v) is 3.26. The third kappa shape index (κ3) is 3.00. The van der Waals surface area contributed by atoms with Crippen LogP contribution in [0.25, 0.3) is 0 Å². The topological polar surface area (TPSA) is 45.2 Å². The van der Waals surface area contributed by atoms with E-state index < -0.39 is 0 Å². The summed E-state index contributed by atoms with van der Waals surface area (Å²) in [5.74, 6) is 0.0451. The number of amides is 1. The van der Waals surface area contributed by atoms with E-state index in [9.17, 15) is 4.79 Å². The van der Waals surface area contributed by atoms with Crippen molar-refractivity contribution in [2.75, 3.05) is 18.9 Å². The van der Waals surface area contributed by atoms with Crippen molar-refractivity contribution >= 4 is 11.6 Å². The SMILES string of the molecule is CCC(C)N(CC)C(=O)c1cnc(C)cc1NC. The Balaban J connectivity index is 3.09. The zero-order valence-electron chi connectivity index (χ0n) is 11.9. The molecular weight excluding hydrogens is 226 g/mol. The fraction of sp³-hybridized carbons (Fsp3) is 0.571. The molecule has 100 valence electrons. The van der Waals surface area contributed by atoms with Gasteiger partial charge in [-0.05, 0) is 33.3 Å². The van der Waals surface area contributed by atoms with Gasteiger partial charge in [-0.3, -0.25) is 9.78 Å². The number of pyridine rings is 1. The van der Waals surface area contributed by atoms with Crippen LogP contribution in [0.2, 0.25) is 0 Å². The van der Waals surface area contributed by atoms with Crippen LogP contribution in [0.1, 0.15) is 43.2 Å². The molecule has 1 aromatic rings. The highest BCUT2D eigenvalue weighted by atomic mass is 16.2. The smallest absolute Gasteiger partial charge is 0.257 e. The van der Waals surface area contributed by atoms with Crippen LogP contribution in [-0.4, -0.2) is 35.4 Å². The molecule has 1 N–H and O–H groups in total. The molecule has 1 atom stereocenters. The van der Waals surface area contributed by atoms with Crippen LogP contribution < -0.4 is 5.32 Å². The highest BCUT2D eigenvalue weighted by Gasteiger charge is 2.21. The summed E-state index contributed by atoms with van der Waals surface area (Å²) >= 11 is 0. The van der Waals surface area contributed by atoms with Gasteiger partial charge in [0, 0.05) is 31.5 Å². The fourth-order valence-corrected chi connectivity index (χ4v) is 1.97. The minimum atomic E-state index is 0.0451. The van der Waals surface area contributed by atoms with Gasteiger partial charge < -0.3 is 10.2 Å². The quantitative estimate of drug-likeness (QED) is 0.872. The van der Waals surface area contributed by atoms with E-state index in [1.165, 1.54) is 0 Å². The first-order valence-electron chi connectivity index (χ1n) is 6.50. The number of anilines is 1. The number of nitrogens with zero attached hydrogens (tertiary/aromatic N) is 2. The van der Waals surface area contributed by atoms with Crippen LogP contribution in [-0.2, 0) is 0 Å². The summed E-state index contributed by atoms with van der Waals surface area (Å²) in [7, 11) is 1.82. The Kier molecular flexibility index (Phi) is 5.13. The predicted octanol–water partition coefficient (Wildman–Crippen LogP) is 2.69. The molecule has 4 nitrogen and oxygen atoms in total. The molecule has 0 aliphatic heterocycles. The molecule has 1 unspecified atom stereocenters. The first kappa shape index (κ1) is 14.5. The number of hydrogen-bond acceptors (Lipinski definition) is 3. The van der Waals surface area contributed by atoms with E-state index >= 15 is 0 Å². The molecule has 4 heteroatoms. The first-order valence-corrected chi connectivity index (χ1v) is 6.50. The van der Waals surface area contributed by atoms with Gasteiger partial charge >= 0.3 is 0 Å². The van der Waals surface area contributed by atoms with Gasteiger partial charge in [-0.15, -0.1) is 0 Å². The summed E-state index contributed by atoms with van der Waals surface area (Å²) in [6.07, 6.45) is 2.61. The van der Waals surface area contributed by atoms with Gasteiger partial charge in [0.1, 0.15) is 0 Å². The summed E-state index contributed by atoms with van der Waals surface area (Å²) in [5.41, 5.74) is 2.39. The van der Waals surface area contributed by atoms with Gasteiger partial charge in [0.15, 0.2) is 0 Å². The molecule has 0 aromatic carbocycles. The van der Waals surface area contributed by atoms with Crippen LogP contribution in [0.4, 0.5) is 5.69 Å². The number of rotatable bonds is 5. The van der Waals surface area contributed by atoms with Crippen molar-refractivity contribution in [2.24, 2.45) is 0 Å². The lowest BCUT2D eigenvalue weighted by Crippen LogP contribution is -2.38. The van der Waals surface area contributed by atoms with E-state index in [4.69, 9.17) is 0 Å². The second-order valence-corrected chi connectivity index (χ2v) is 4.47. The fourth-order valence-electron chi connectivity index (χ4n) is 1.97. The Morgan fingerprint density at radius 1 is 1.50 bits per heavy atom. The summed E-state index contributed by atoms with van der Waals surface area (Å²) in [4.78, 5) is 18.6. The van der Waals surface area contributed by atoms with Gasteiger partial charge in [-0.1, -0.05) is 6.92 Å². The molecule has 0 aliphatic rings. The van der Waals surface area contributed by atoms with Gasteiger partial charge in [0.25, 0.3) is 5.91 Å². The second-order valence-electron chi connectivity index (χ2n) is 4.47.